The Balaban J connectivity index is 3.81. The lowest BCUT2D eigenvalue weighted by atomic mass is 10.1. The average Bonchev–Trinajstić information content (AvgIpc) is 2.11. The molecule has 1 aromatic rings. The molecule has 0 aliphatic carbocycles. The molecule has 3 N–H and O–H groups in total. The largest absolute Gasteiger partial charge is 0.506 e. The Hall–Kier alpha value is -1.49. The molecule has 0 atom stereocenters. The first-order valence-corrected chi connectivity index (χ1v) is 5.84. The number of halogens is 6. The zero-order valence-electron chi connectivity index (χ0n) is 8.67. The van der Waals surface area contributed by atoms with E-state index in [1.165, 1.54) is 0 Å². The van der Waals surface area contributed by atoms with Gasteiger partial charge in [0.25, 0.3) is 0 Å². The molecule has 0 heterocycles. The molecule has 0 radical (unpaired) electrons. The van der Waals surface area contributed by atoms with Crippen molar-refractivity contribution in [1.29, 1.82) is 0 Å². The van der Waals surface area contributed by atoms with Crippen LogP contribution in [0.5, 0.6) is 5.75 Å². The van der Waals surface area contributed by atoms with Gasteiger partial charge in [-0.1, -0.05) is 0 Å². The van der Waals surface area contributed by atoms with Crippen LogP contribution in [-0.2, 0) is 22.4 Å². The molecule has 0 aliphatic rings. The van der Waals surface area contributed by atoms with Crippen molar-refractivity contribution >= 4 is 10.0 Å². The van der Waals surface area contributed by atoms with Gasteiger partial charge in [0.05, 0.1) is 11.1 Å². The molecular weight excluding hydrogens is 304 g/mol. The molecule has 0 saturated heterocycles. The fourth-order valence-electron chi connectivity index (χ4n) is 1.31. The number of phenolic OH excluding ortho intramolecular Hbond substituents is 1. The molecule has 0 spiro atoms. The Morgan fingerprint density at radius 1 is 0.947 bits per heavy atom. The van der Waals surface area contributed by atoms with Crippen molar-refractivity contribution < 1.29 is 39.9 Å². The number of aromatic hydroxyl groups is 1. The summed E-state index contributed by atoms with van der Waals surface area (Å²) in [6.45, 7) is 0. The normalized spacial score (nSPS) is 13.6. The number of benzene rings is 1. The van der Waals surface area contributed by atoms with E-state index in [9.17, 15) is 34.8 Å². The summed E-state index contributed by atoms with van der Waals surface area (Å²) < 4.78 is 96.4. The molecule has 4 nitrogen and oxygen atoms in total. The second kappa shape index (κ2) is 4.27. The first-order valence-electron chi connectivity index (χ1n) is 4.29. The lowest BCUT2D eigenvalue weighted by molar-refractivity contribution is -0.144. The average molecular weight is 309 g/mol. The van der Waals surface area contributed by atoms with Crippen LogP contribution in [0.15, 0.2) is 17.0 Å². The van der Waals surface area contributed by atoms with E-state index in [1.807, 2.05) is 0 Å². The molecule has 0 bridgehead atoms. The molecule has 19 heavy (non-hydrogen) atoms. The summed E-state index contributed by atoms with van der Waals surface area (Å²) >= 11 is 0. The molecule has 1 aromatic carbocycles. The SMILES string of the molecule is NS(=O)(=O)c1c(C(F)(F)F)ccc(C(F)(F)F)c1O. The summed E-state index contributed by atoms with van der Waals surface area (Å²) in [6, 6.07) is -0.185. The summed E-state index contributed by atoms with van der Waals surface area (Å²) in [5.41, 5.74) is -3.90. The van der Waals surface area contributed by atoms with Gasteiger partial charge in [-0.3, -0.25) is 0 Å². The van der Waals surface area contributed by atoms with Crippen LogP contribution in [-0.4, -0.2) is 13.5 Å². The van der Waals surface area contributed by atoms with Crippen molar-refractivity contribution in [2.45, 2.75) is 17.2 Å². The summed E-state index contributed by atoms with van der Waals surface area (Å²) in [5, 5.41) is 13.5. The maximum Gasteiger partial charge on any atom is 0.420 e. The number of hydrogen-bond acceptors (Lipinski definition) is 3. The monoisotopic (exact) mass is 309 g/mol. The highest BCUT2D eigenvalue weighted by atomic mass is 32.2. The van der Waals surface area contributed by atoms with Crippen LogP contribution in [0.3, 0.4) is 0 Å². The van der Waals surface area contributed by atoms with Crippen LogP contribution in [0.2, 0.25) is 0 Å². The van der Waals surface area contributed by atoms with E-state index in [4.69, 9.17) is 5.11 Å². The molecule has 0 aliphatic heterocycles. The van der Waals surface area contributed by atoms with Gasteiger partial charge in [-0.15, -0.1) is 0 Å². The topological polar surface area (TPSA) is 80.4 Å². The number of primary sulfonamides is 1. The van der Waals surface area contributed by atoms with E-state index >= 15 is 0 Å². The fourth-order valence-corrected chi connectivity index (χ4v) is 2.18. The minimum Gasteiger partial charge on any atom is -0.506 e. The molecular formula is C8H5F6NO3S. The highest BCUT2D eigenvalue weighted by Crippen LogP contribution is 2.44. The smallest absolute Gasteiger partial charge is 0.420 e. The van der Waals surface area contributed by atoms with Crippen LogP contribution >= 0.6 is 0 Å². The van der Waals surface area contributed by atoms with Gasteiger partial charge in [0, 0.05) is 0 Å². The highest BCUT2D eigenvalue weighted by molar-refractivity contribution is 7.89. The van der Waals surface area contributed by atoms with Crippen molar-refractivity contribution in [2.24, 2.45) is 5.14 Å². The molecule has 11 heteroatoms. The van der Waals surface area contributed by atoms with Gasteiger partial charge in [0.1, 0.15) is 10.6 Å². The van der Waals surface area contributed by atoms with E-state index in [0.29, 0.717) is 0 Å². The van der Waals surface area contributed by atoms with Crippen LogP contribution in [0, 0.1) is 0 Å². The summed E-state index contributed by atoms with van der Waals surface area (Å²) in [5.74, 6) is -2.08. The van der Waals surface area contributed by atoms with E-state index in [0.717, 1.165) is 0 Å². The number of phenols is 1. The van der Waals surface area contributed by atoms with Crippen LogP contribution in [0.4, 0.5) is 26.3 Å². The third-order valence-corrected chi connectivity index (χ3v) is 3.01. The molecule has 0 saturated carbocycles. The van der Waals surface area contributed by atoms with Gasteiger partial charge in [0.15, 0.2) is 0 Å². The molecule has 0 amide bonds. The number of nitrogens with two attached hydrogens (primary N) is 1. The van der Waals surface area contributed by atoms with Gasteiger partial charge in [-0.2, -0.15) is 26.3 Å². The lowest BCUT2D eigenvalue weighted by Crippen LogP contribution is -2.21. The quantitative estimate of drug-likeness (QED) is 0.779. The van der Waals surface area contributed by atoms with Gasteiger partial charge < -0.3 is 5.11 Å². The minimum absolute atomic E-state index is 0.0766. The maximum atomic E-state index is 12.5. The van der Waals surface area contributed by atoms with Crippen molar-refractivity contribution in [2.75, 3.05) is 0 Å². The molecule has 1 rings (SSSR count). The first kappa shape index (κ1) is 15.6. The summed E-state index contributed by atoms with van der Waals surface area (Å²) in [4.78, 5) is -2.00. The van der Waals surface area contributed by atoms with Crippen molar-refractivity contribution in [1.82, 2.24) is 0 Å². The Morgan fingerprint density at radius 3 is 1.63 bits per heavy atom. The van der Waals surface area contributed by atoms with E-state index in [1.54, 1.807) is 0 Å². The standard InChI is InChI=1S/C8H5F6NO3S/c9-7(10,11)3-1-2-4(8(12,13)14)6(5(3)16)19(15,17)18/h1-2,16H,(H2,15,17,18). The third kappa shape index (κ3) is 3.10. The molecule has 0 aromatic heterocycles. The third-order valence-electron chi connectivity index (χ3n) is 2.03. The minimum atomic E-state index is -5.29. The summed E-state index contributed by atoms with van der Waals surface area (Å²) in [7, 11) is -5.20. The molecule has 108 valence electrons. The van der Waals surface area contributed by atoms with E-state index in [2.05, 4.69) is 5.14 Å². The zero-order chi connectivity index (χ0) is 15.2. The van der Waals surface area contributed by atoms with Gasteiger partial charge in [-0.05, 0) is 12.1 Å². The summed E-state index contributed by atoms with van der Waals surface area (Å²) in [6.07, 6.45) is -10.5. The second-order valence-corrected chi connectivity index (χ2v) is 4.88. The predicted octanol–water partition coefficient (Wildman–Crippen LogP) is 2.08. The Kier molecular flexibility index (Phi) is 3.50. The zero-order valence-corrected chi connectivity index (χ0v) is 9.49. The Bertz CT molecular complexity index is 604. The van der Waals surface area contributed by atoms with Gasteiger partial charge in [-0.25, -0.2) is 13.6 Å². The lowest BCUT2D eigenvalue weighted by Gasteiger charge is -2.16. The van der Waals surface area contributed by atoms with Crippen LogP contribution < -0.4 is 5.14 Å². The Labute approximate surface area is 102 Å². The number of hydrogen-bond donors (Lipinski definition) is 2. The van der Waals surface area contributed by atoms with Gasteiger partial charge >= 0.3 is 12.4 Å². The maximum absolute atomic E-state index is 12.5. The highest BCUT2D eigenvalue weighted by Gasteiger charge is 2.43. The van der Waals surface area contributed by atoms with E-state index in [-0.39, 0.29) is 12.1 Å². The van der Waals surface area contributed by atoms with Gasteiger partial charge in [0.2, 0.25) is 10.0 Å². The van der Waals surface area contributed by atoms with Crippen molar-refractivity contribution in [3.63, 3.8) is 0 Å². The van der Waals surface area contributed by atoms with E-state index < -0.39 is 44.1 Å². The molecule has 0 fully saturated rings. The first-order chi connectivity index (χ1) is 8.26. The molecule has 0 unspecified atom stereocenters. The van der Waals surface area contributed by atoms with Crippen LogP contribution in [0.25, 0.3) is 0 Å². The predicted molar refractivity (Wildman–Crippen MR) is 49.5 cm³/mol. The Morgan fingerprint density at radius 2 is 1.32 bits per heavy atom. The number of sulfonamides is 1. The van der Waals surface area contributed by atoms with Crippen molar-refractivity contribution in [3.8, 4) is 5.75 Å². The van der Waals surface area contributed by atoms with Crippen molar-refractivity contribution in [3.05, 3.63) is 23.3 Å². The fraction of sp³-hybridized carbons (Fsp3) is 0.250. The van der Waals surface area contributed by atoms with Crippen LogP contribution in [0.1, 0.15) is 11.1 Å². The second-order valence-electron chi connectivity index (χ2n) is 3.38. The number of alkyl halides is 6. The number of rotatable bonds is 1.